The summed E-state index contributed by atoms with van der Waals surface area (Å²) in [6.07, 6.45) is 0. The molecule has 2 aromatic carbocycles. The van der Waals surface area contributed by atoms with E-state index in [-0.39, 0.29) is 50.8 Å². The molecule has 0 amide bonds. The maximum atomic E-state index is 11.1. The molecule has 0 atom stereocenters. The summed E-state index contributed by atoms with van der Waals surface area (Å²) >= 11 is 0. The molecule has 0 heterocycles. The Morgan fingerprint density at radius 3 is 2.11 bits per heavy atom. The Hall–Kier alpha value is -0.920. The molecule has 0 radical (unpaired) electrons. The van der Waals surface area contributed by atoms with Gasteiger partial charge < -0.3 is 5.11 Å². The molecule has 0 aliphatic rings. The molecular formula is C11H9NaO5S. The zero-order valence-electron chi connectivity index (χ0n) is 8.49. The molecule has 5 nitrogen and oxygen atoms in total. The van der Waals surface area contributed by atoms with Gasteiger partial charge in [-0.05, 0) is 17.5 Å². The first-order valence-electron chi connectivity index (χ1n) is 4.64. The number of hydrogen-bond acceptors (Lipinski definition) is 3. The average molecular weight is 276 g/mol. The Balaban J connectivity index is 0.00000162. The van der Waals surface area contributed by atoms with Crippen molar-refractivity contribution in [1.29, 1.82) is 0 Å². The van der Waals surface area contributed by atoms with Crippen molar-refractivity contribution in [2.75, 3.05) is 0 Å². The molecule has 7 heteroatoms. The van der Waals surface area contributed by atoms with Crippen LogP contribution in [0.5, 0.6) is 0 Å². The van der Waals surface area contributed by atoms with Crippen LogP contribution in [0.1, 0.15) is 10.4 Å². The number of carboxylic acids is 1. The van der Waals surface area contributed by atoms with E-state index in [2.05, 4.69) is 0 Å². The summed E-state index contributed by atoms with van der Waals surface area (Å²) in [6, 6.07) is 8.36. The molecule has 0 spiro atoms. The number of carbonyl (C=O) groups is 1. The predicted molar refractivity (Wildman–Crippen MR) is 67.9 cm³/mol. The third-order valence-electron chi connectivity index (χ3n) is 2.39. The van der Waals surface area contributed by atoms with E-state index in [4.69, 9.17) is 9.66 Å². The van der Waals surface area contributed by atoms with Crippen LogP contribution in [0.15, 0.2) is 41.3 Å². The first-order valence-corrected chi connectivity index (χ1v) is 6.08. The Labute approximate surface area is 125 Å². The maximum absolute atomic E-state index is 11.1. The SMILES string of the molecule is O=C(O)c1cccc2c(S(=O)(=O)O)cccc12.[NaH]. The molecule has 0 saturated heterocycles. The number of benzene rings is 2. The van der Waals surface area contributed by atoms with E-state index in [9.17, 15) is 13.2 Å². The molecule has 2 N–H and O–H groups in total. The van der Waals surface area contributed by atoms with Crippen LogP contribution in [0.2, 0.25) is 0 Å². The molecule has 0 bridgehead atoms. The molecule has 0 fully saturated rings. The Bertz CT molecular complexity index is 708. The summed E-state index contributed by atoms with van der Waals surface area (Å²) in [5.74, 6) is -1.15. The van der Waals surface area contributed by atoms with E-state index in [0.29, 0.717) is 0 Å². The number of carboxylic acid groups (broad SMARTS) is 1. The van der Waals surface area contributed by atoms with Gasteiger partial charge in [0, 0.05) is 5.39 Å². The van der Waals surface area contributed by atoms with Crippen LogP contribution in [0.3, 0.4) is 0 Å². The second-order valence-corrected chi connectivity index (χ2v) is 4.83. The van der Waals surface area contributed by atoms with Crippen LogP contribution in [0, 0.1) is 0 Å². The van der Waals surface area contributed by atoms with E-state index in [0.717, 1.165) is 0 Å². The summed E-state index contributed by atoms with van der Waals surface area (Å²) < 4.78 is 31.3. The predicted octanol–water partition coefficient (Wildman–Crippen LogP) is 1.14. The van der Waals surface area contributed by atoms with Crippen molar-refractivity contribution in [3.05, 3.63) is 42.0 Å². The quantitative estimate of drug-likeness (QED) is 0.634. The summed E-state index contributed by atoms with van der Waals surface area (Å²) in [5.41, 5.74) is -0.00648. The molecule has 0 aromatic heterocycles. The van der Waals surface area contributed by atoms with Crippen molar-refractivity contribution < 1.29 is 22.9 Å². The minimum atomic E-state index is -4.36. The van der Waals surface area contributed by atoms with E-state index in [1.807, 2.05) is 0 Å². The zero-order chi connectivity index (χ0) is 12.6. The zero-order valence-corrected chi connectivity index (χ0v) is 9.31. The first-order chi connectivity index (χ1) is 7.91. The van der Waals surface area contributed by atoms with Crippen molar-refractivity contribution in [1.82, 2.24) is 0 Å². The second kappa shape index (κ2) is 5.38. The normalized spacial score (nSPS) is 10.9. The minimum absolute atomic E-state index is 0. The van der Waals surface area contributed by atoms with Gasteiger partial charge in [-0.2, -0.15) is 8.42 Å². The van der Waals surface area contributed by atoms with E-state index >= 15 is 0 Å². The van der Waals surface area contributed by atoms with Gasteiger partial charge >= 0.3 is 35.5 Å². The van der Waals surface area contributed by atoms with Gasteiger partial charge in [0.05, 0.1) is 5.56 Å². The van der Waals surface area contributed by atoms with Gasteiger partial charge in [-0.1, -0.05) is 24.3 Å². The fourth-order valence-corrected chi connectivity index (χ4v) is 2.40. The van der Waals surface area contributed by atoms with Crippen molar-refractivity contribution in [3.63, 3.8) is 0 Å². The van der Waals surface area contributed by atoms with Gasteiger partial charge in [0.2, 0.25) is 0 Å². The summed E-state index contributed by atoms with van der Waals surface area (Å²) in [4.78, 5) is 10.7. The Kier molecular flexibility index (Phi) is 4.52. The van der Waals surface area contributed by atoms with Gasteiger partial charge in [0.25, 0.3) is 10.1 Å². The monoisotopic (exact) mass is 276 g/mol. The number of hydrogen-bond donors (Lipinski definition) is 2. The van der Waals surface area contributed by atoms with Gasteiger partial charge in [0.1, 0.15) is 4.90 Å². The standard InChI is InChI=1S/C11H8O5S.Na.H/c12-11(13)9-5-1-4-8-7(9)3-2-6-10(8)17(14,15)16;;/h1-6H,(H,12,13)(H,14,15,16);;. The van der Waals surface area contributed by atoms with Gasteiger partial charge in [-0.25, -0.2) is 4.79 Å². The molecule has 90 valence electrons. The first kappa shape index (κ1) is 15.1. The third kappa shape index (κ3) is 2.73. The number of fused-ring (bicyclic) bond motifs is 1. The Morgan fingerprint density at radius 2 is 1.56 bits per heavy atom. The third-order valence-corrected chi connectivity index (χ3v) is 3.30. The average Bonchev–Trinajstić information content (AvgIpc) is 2.26. The van der Waals surface area contributed by atoms with E-state index in [1.54, 1.807) is 0 Å². The van der Waals surface area contributed by atoms with Crippen molar-refractivity contribution >= 4 is 56.4 Å². The van der Waals surface area contributed by atoms with Gasteiger partial charge in [-0.3, -0.25) is 4.55 Å². The summed E-state index contributed by atoms with van der Waals surface area (Å²) in [5, 5.41) is 9.43. The molecule has 0 unspecified atom stereocenters. The molecule has 18 heavy (non-hydrogen) atoms. The van der Waals surface area contributed by atoms with Crippen LogP contribution in [0.4, 0.5) is 0 Å². The van der Waals surface area contributed by atoms with Crippen LogP contribution in [-0.2, 0) is 10.1 Å². The molecule has 2 rings (SSSR count). The van der Waals surface area contributed by atoms with Crippen molar-refractivity contribution in [2.24, 2.45) is 0 Å². The van der Waals surface area contributed by atoms with Crippen LogP contribution >= 0.6 is 0 Å². The molecule has 2 aromatic rings. The molecule has 0 saturated carbocycles. The van der Waals surface area contributed by atoms with Crippen LogP contribution in [0.25, 0.3) is 10.8 Å². The van der Waals surface area contributed by atoms with Crippen molar-refractivity contribution in [2.45, 2.75) is 4.90 Å². The topological polar surface area (TPSA) is 91.7 Å². The number of rotatable bonds is 2. The molecular weight excluding hydrogens is 267 g/mol. The molecule has 0 aliphatic heterocycles. The molecule has 0 aliphatic carbocycles. The summed E-state index contributed by atoms with van der Waals surface area (Å²) in [6.45, 7) is 0. The second-order valence-electron chi connectivity index (χ2n) is 3.44. The number of aromatic carboxylic acids is 1. The fraction of sp³-hybridized carbons (Fsp3) is 0. The van der Waals surface area contributed by atoms with Gasteiger partial charge in [-0.15, -0.1) is 0 Å². The fourth-order valence-electron chi connectivity index (χ4n) is 1.69. The van der Waals surface area contributed by atoms with Crippen LogP contribution in [-0.4, -0.2) is 53.6 Å². The Morgan fingerprint density at radius 1 is 1.00 bits per heavy atom. The van der Waals surface area contributed by atoms with Crippen LogP contribution < -0.4 is 0 Å². The summed E-state index contributed by atoms with van der Waals surface area (Å²) in [7, 11) is -4.36. The van der Waals surface area contributed by atoms with E-state index in [1.165, 1.54) is 36.4 Å². The van der Waals surface area contributed by atoms with E-state index < -0.39 is 16.1 Å². The van der Waals surface area contributed by atoms with Gasteiger partial charge in [0.15, 0.2) is 0 Å². The van der Waals surface area contributed by atoms with Crippen molar-refractivity contribution in [3.8, 4) is 0 Å².